The Balaban J connectivity index is 2.58. The summed E-state index contributed by atoms with van der Waals surface area (Å²) >= 11 is 6.56. The molecule has 0 aromatic carbocycles. The summed E-state index contributed by atoms with van der Waals surface area (Å²) in [6.07, 6.45) is 3.50. The smallest absolute Gasteiger partial charge is 0.253 e. The van der Waals surface area contributed by atoms with Crippen LogP contribution in [-0.4, -0.2) is 43.0 Å². The van der Waals surface area contributed by atoms with Gasteiger partial charge in [0.1, 0.15) is 0 Å². The van der Waals surface area contributed by atoms with Gasteiger partial charge in [-0.2, -0.15) is 0 Å². The molecule has 0 aliphatic heterocycles. The number of unbranched alkanes of at least 4 members (excludes halogenated alkanes) is 2. The molecule has 8 heteroatoms. The minimum atomic E-state index is -3.46. The summed E-state index contributed by atoms with van der Waals surface area (Å²) in [5.74, 6) is 0. The van der Waals surface area contributed by atoms with Gasteiger partial charge in [-0.1, -0.05) is 22.9 Å². The topological polar surface area (TPSA) is 70.5 Å². The van der Waals surface area contributed by atoms with Crippen molar-refractivity contribution in [1.29, 1.82) is 0 Å². The maximum Gasteiger partial charge on any atom is 0.253 e. The van der Waals surface area contributed by atoms with Crippen molar-refractivity contribution in [2.75, 3.05) is 20.2 Å². The third kappa shape index (κ3) is 4.18. The SMILES string of the molecule is CN(CCCCCO)S(=O)(=O)c1cnc(Cl)s1. The number of nitrogens with zero attached hydrogens (tertiary/aromatic N) is 2. The third-order valence-electron chi connectivity index (χ3n) is 2.25. The molecule has 1 N–H and O–H groups in total. The van der Waals surface area contributed by atoms with E-state index in [2.05, 4.69) is 4.98 Å². The number of aromatic nitrogens is 1. The summed E-state index contributed by atoms with van der Waals surface area (Å²) in [6.45, 7) is 0.568. The van der Waals surface area contributed by atoms with Crippen LogP contribution in [0.25, 0.3) is 0 Å². The van der Waals surface area contributed by atoms with Crippen LogP contribution in [0.2, 0.25) is 4.47 Å². The van der Waals surface area contributed by atoms with Crippen LogP contribution in [-0.2, 0) is 10.0 Å². The van der Waals surface area contributed by atoms with Gasteiger partial charge in [0, 0.05) is 20.2 Å². The molecule has 0 spiro atoms. The van der Waals surface area contributed by atoms with Crippen molar-refractivity contribution in [2.24, 2.45) is 0 Å². The van der Waals surface area contributed by atoms with Crippen LogP contribution in [0.3, 0.4) is 0 Å². The summed E-state index contributed by atoms with van der Waals surface area (Å²) in [7, 11) is -1.93. The van der Waals surface area contributed by atoms with Crippen molar-refractivity contribution >= 4 is 33.0 Å². The molecule has 0 amide bonds. The van der Waals surface area contributed by atoms with E-state index in [0.29, 0.717) is 13.0 Å². The number of sulfonamides is 1. The highest BCUT2D eigenvalue weighted by atomic mass is 35.5. The molecule has 0 aliphatic carbocycles. The lowest BCUT2D eigenvalue weighted by atomic mass is 10.2. The molecule has 0 saturated carbocycles. The summed E-state index contributed by atoms with van der Waals surface area (Å²) in [5, 5.41) is 8.62. The highest BCUT2D eigenvalue weighted by Crippen LogP contribution is 2.24. The lowest BCUT2D eigenvalue weighted by Crippen LogP contribution is -2.27. The monoisotopic (exact) mass is 298 g/mol. The Hall–Kier alpha value is -0.210. The second kappa shape index (κ2) is 6.65. The highest BCUT2D eigenvalue weighted by Gasteiger charge is 2.22. The Morgan fingerprint density at radius 3 is 2.71 bits per heavy atom. The number of rotatable bonds is 7. The first-order valence-corrected chi connectivity index (χ1v) is 7.80. The summed E-state index contributed by atoms with van der Waals surface area (Å²) in [4.78, 5) is 3.72. The molecule has 0 bridgehead atoms. The van der Waals surface area contributed by atoms with Gasteiger partial charge in [-0.25, -0.2) is 17.7 Å². The van der Waals surface area contributed by atoms with Crippen molar-refractivity contribution in [3.63, 3.8) is 0 Å². The molecule has 98 valence electrons. The van der Waals surface area contributed by atoms with Crippen LogP contribution < -0.4 is 0 Å². The molecular weight excluding hydrogens is 284 g/mol. The number of hydrogen-bond donors (Lipinski definition) is 1. The minimum Gasteiger partial charge on any atom is -0.396 e. The maximum atomic E-state index is 12.0. The fourth-order valence-electron chi connectivity index (χ4n) is 1.26. The van der Waals surface area contributed by atoms with E-state index in [0.717, 1.165) is 24.2 Å². The van der Waals surface area contributed by atoms with Gasteiger partial charge in [0.15, 0.2) is 8.68 Å². The second-order valence-electron chi connectivity index (χ2n) is 3.54. The first-order chi connectivity index (χ1) is 7.98. The fraction of sp³-hybridized carbons (Fsp3) is 0.667. The van der Waals surface area contributed by atoms with Crippen LogP contribution in [0.5, 0.6) is 0 Å². The van der Waals surface area contributed by atoms with Crippen LogP contribution in [0.4, 0.5) is 0 Å². The van der Waals surface area contributed by atoms with Crippen LogP contribution in [0.15, 0.2) is 10.4 Å². The average molecular weight is 299 g/mol. The third-order valence-corrected chi connectivity index (χ3v) is 5.66. The first-order valence-electron chi connectivity index (χ1n) is 5.17. The number of hydrogen-bond acceptors (Lipinski definition) is 5. The molecule has 0 fully saturated rings. The molecule has 0 aliphatic rings. The second-order valence-corrected chi connectivity index (χ2v) is 7.43. The van der Waals surface area contributed by atoms with Gasteiger partial charge in [0.25, 0.3) is 10.0 Å². The highest BCUT2D eigenvalue weighted by molar-refractivity contribution is 7.91. The Labute approximate surface area is 110 Å². The Morgan fingerprint density at radius 1 is 1.47 bits per heavy atom. The van der Waals surface area contributed by atoms with Gasteiger partial charge in [0.2, 0.25) is 0 Å². The van der Waals surface area contributed by atoms with E-state index in [1.54, 1.807) is 0 Å². The standard InChI is InChI=1S/C9H15ClN2O3S2/c1-12(5-3-2-4-6-13)17(14,15)8-7-11-9(10)16-8/h7,13H,2-6H2,1H3. The number of halogens is 1. The largest absolute Gasteiger partial charge is 0.396 e. The van der Waals surface area contributed by atoms with Gasteiger partial charge in [-0.05, 0) is 19.3 Å². The van der Waals surface area contributed by atoms with Gasteiger partial charge >= 0.3 is 0 Å². The molecule has 1 heterocycles. The van der Waals surface area contributed by atoms with Gasteiger partial charge in [0.05, 0.1) is 6.20 Å². The van der Waals surface area contributed by atoms with Crippen LogP contribution in [0, 0.1) is 0 Å². The van der Waals surface area contributed by atoms with Crippen molar-refractivity contribution in [2.45, 2.75) is 23.5 Å². The van der Waals surface area contributed by atoms with E-state index >= 15 is 0 Å². The lowest BCUT2D eigenvalue weighted by molar-refractivity contribution is 0.281. The summed E-state index contributed by atoms with van der Waals surface area (Å²) in [6, 6.07) is 0. The minimum absolute atomic E-state index is 0.140. The van der Waals surface area contributed by atoms with E-state index in [9.17, 15) is 8.42 Å². The number of aliphatic hydroxyl groups is 1. The van der Waals surface area contributed by atoms with Crippen molar-refractivity contribution in [3.8, 4) is 0 Å². The zero-order valence-electron chi connectivity index (χ0n) is 9.47. The summed E-state index contributed by atoms with van der Waals surface area (Å²) in [5.41, 5.74) is 0. The molecule has 1 aromatic rings. The van der Waals surface area contributed by atoms with E-state index in [1.165, 1.54) is 17.5 Å². The molecule has 5 nitrogen and oxygen atoms in total. The molecule has 0 radical (unpaired) electrons. The van der Waals surface area contributed by atoms with Crippen molar-refractivity contribution in [1.82, 2.24) is 9.29 Å². The van der Waals surface area contributed by atoms with E-state index in [1.807, 2.05) is 0 Å². The van der Waals surface area contributed by atoms with Gasteiger partial charge < -0.3 is 5.11 Å². The number of thiazole rings is 1. The van der Waals surface area contributed by atoms with E-state index < -0.39 is 10.0 Å². The van der Waals surface area contributed by atoms with E-state index in [-0.39, 0.29) is 15.3 Å². The normalized spacial score (nSPS) is 12.2. The quantitative estimate of drug-likeness (QED) is 0.776. The molecular formula is C9H15ClN2O3S2. The van der Waals surface area contributed by atoms with Gasteiger partial charge in [-0.3, -0.25) is 0 Å². The van der Waals surface area contributed by atoms with Crippen LogP contribution >= 0.6 is 22.9 Å². The lowest BCUT2D eigenvalue weighted by Gasteiger charge is -2.15. The number of aliphatic hydroxyl groups excluding tert-OH is 1. The molecule has 0 unspecified atom stereocenters. The predicted molar refractivity (Wildman–Crippen MR) is 67.9 cm³/mol. The van der Waals surface area contributed by atoms with Crippen LogP contribution in [0.1, 0.15) is 19.3 Å². The maximum absolute atomic E-state index is 12.0. The van der Waals surface area contributed by atoms with Crippen molar-refractivity contribution in [3.05, 3.63) is 10.7 Å². The zero-order valence-corrected chi connectivity index (χ0v) is 11.9. The van der Waals surface area contributed by atoms with Gasteiger partial charge in [-0.15, -0.1) is 0 Å². The Bertz CT molecular complexity index is 447. The van der Waals surface area contributed by atoms with Crippen molar-refractivity contribution < 1.29 is 13.5 Å². The zero-order chi connectivity index (χ0) is 12.9. The average Bonchev–Trinajstić information content (AvgIpc) is 2.71. The molecule has 17 heavy (non-hydrogen) atoms. The molecule has 0 atom stereocenters. The fourth-order valence-corrected chi connectivity index (χ4v) is 3.97. The first kappa shape index (κ1) is 14.8. The van der Waals surface area contributed by atoms with E-state index in [4.69, 9.17) is 16.7 Å². The Morgan fingerprint density at radius 2 is 2.18 bits per heavy atom. The summed E-state index contributed by atoms with van der Waals surface area (Å²) < 4.78 is 25.7. The molecule has 1 aromatic heterocycles. The Kier molecular flexibility index (Phi) is 5.81. The molecule has 1 rings (SSSR count). The predicted octanol–water partition coefficient (Wildman–Crippen LogP) is 1.58. The molecule has 0 saturated heterocycles.